The first-order valence-electron chi connectivity index (χ1n) is 10.4. The molecule has 0 aromatic carbocycles. The predicted octanol–water partition coefficient (Wildman–Crippen LogP) is 3.77. The van der Waals surface area contributed by atoms with Gasteiger partial charge < -0.3 is 14.9 Å². The Labute approximate surface area is 147 Å². The Morgan fingerprint density at radius 2 is 1.79 bits per heavy atom. The fraction of sp³-hybridized carbons (Fsp3) is 1.00. The maximum absolute atomic E-state index is 10.6. The zero-order valence-corrected chi connectivity index (χ0v) is 15.5. The SMILES string of the molecule is COCC[C@]12CC[C@@H](O)C[C@@H]1CC[C@@H]1[C@@H]2CC[C@]2(C)C(O)CC[C@@H]12. The summed E-state index contributed by atoms with van der Waals surface area (Å²) in [6.07, 6.45) is 11.5. The third kappa shape index (κ3) is 2.41. The van der Waals surface area contributed by atoms with E-state index in [0.29, 0.717) is 11.3 Å². The van der Waals surface area contributed by atoms with Crippen molar-refractivity contribution in [3.63, 3.8) is 0 Å². The first-order valence-corrected chi connectivity index (χ1v) is 10.4. The molecule has 0 aliphatic heterocycles. The molecular weight excluding hydrogens is 300 g/mol. The van der Waals surface area contributed by atoms with Gasteiger partial charge in [-0.1, -0.05) is 6.92 Å². The number of rotatable bonds is 3. The second kappa shape index (κ2) is 6.25. The summed E-state index contributed by atoms with van der Waals surface area (Å²) >= 11 is 0. The van der Waals surface area contributed by atoms with Crippen LogP contribution in [0.5, 0.6) is 0 Å². The van der Waals surface area contributed by atoms with E-state index in [2.05, 4.69) is 6.92 Å². The molecule has 3 heteroatoms. The molecule has 4 saturated carbocycles. The fourth-order valence-corrected chi connectivity index (χ4v) is 7.79. The third-order valence-corrected chi connectivity index (χ3v) is 9.06. The molecule has 0 amide bonds. The Bertz CT molecular complexity index is 462. The van der Waals surface area contributed by atoms with E-state index in [4.69, 9.17) is 4.74 Å². The topological polar surface area (TPSA) is 49.7 Å². The molecule has 138 valence electrons. The molecule has 2 N–H and O–H groups in total. The van der Waals surface area contributed by atoms with Gasteiger partial charge in [0.05, 0.1) is 12.2 Å². The lowest BCUT2D eigenvalue weighted by Crippen LogP contribution is -2.55. The lowest BCUT2D eigenvalue weighted by molar-refractivity contribution is -0.149. The van der Waals surface area contributed by atoms with Crippen molar-refractivity contribution in [3.05, 3.63) is 0 Å². The van der Waals surface area contributed by atoms with Gasteiger partial charge in [0.2, 0.25) is 0 Å². The average Bonchev–Trinajstić information content (AvgIpc) is 2.88. The predicted molar refractivity (Wildman–Crippen MR) is 94.6 cm³/mol. The van der Waals surface area contributed by atoms with Crippen LogP contribution in [0.1, 0.15) is 71.1 Å². The average molecular weight is 337 g/mol. The summed E-state index contributed by atoms with van der Waals surface area (Å²) in [6.45, 7) is 3.23. The molecular formula is C21H36O3. The van der Waals surface area contributed by atoms with Gasteiger partial charge in [0.15, 0.2) is 0 Å². The maximum Gasteiger partial charge on any atom is 0.0596 e. The summed E-state index contributed by atoms with van der Waals surface area (Å²) in [4.78, 5) is 0. The van der Waals surface area contributed by atoms with E-state index in [0.717, 1.165) is 43.6 Å². The minimum absolute atomic E-state index is 0.0793. The second-order valence-electron chi connectivity index (χ2n) is 9.69. The van der Waals surface area contributed by atoms with Crippen molar-refractivity contribution in [2.24, 2.45) is 34.5 Å². The Morgan fingerprint density at radius 3 is 2.58 bits per heavy atom. The summed E-state index contributed by atoms with van der Waals surface area (Å²) in [7, 11) is 1.83. The molecule has 24 heavy (non-hydrogen) atoms. The van der Waals surface area contributed by atoms with Crippen LogP contribution in [-0.4, -0.2) is 36.1 Å². The zero-order valence-electron chi connectivity index (χ0n) is 15.5. The van der Waals surface area contributed by atoms with Crippen LogP contribution in [0.4, 0.5) is 0 Å². The van der Waals surface area contributed by atoms with E-state index in [1.54, 1.807) is 0 Å². The second-order valence-corrected chi connectivity index (χ2v) is 9.69. The van der Waals surface area contributed by atoms with E-state index < -0.39 is 0 Å². The highest BCUT2D eigenvalue weighted by molar-refractivity contribution is 5.10. The molecule has 0 aromatic heterocycles. The first-order chi connectivity index (χ1) is 11.5. The molecule has 1 unspecified atom stereocenters. The molecule has 4 rings (SSSR count). The van der Waals surface area contributed by atoms with Gasteiger partial charge in [-0.15, -0.1) is 0 Å². The maximum atomic E-state index is 10.6. The lowest BCUT2D eigenvalue weighted by atomic mass is 9.44. The Balaban J connectivity index is 1.64. The molecule has 0 radical (unpaired) electrons. The summed E-state index contributed by atoms with van der Waals surface area (Å²) in [5.74, 6) is 3.00. The van der Waals surface area contributed by atoms with Crippen LogP contribution in [0.25, 0.3) is 0 Å². The fourth-order valence-electron chi connectivity index (χ4n) is 7.79. The molecule has 0 heterocycles. The molecule has 8 atom stereocenters. The third-order valence-electron chi connectivity index (χ3n) is 9.06. The van der Waals surface area contributed by atoms with E-state index >= 15 is 0 Å². The summed E-state index contributed by atoms with van der Waals surface area (Å²) in [5, 5.41) is 20.8. The van der Waals surface area contributed by atoms with Gasteiger partial charge in [-0.2, -0.15) is 0 Å². The van der Waals surface area contributed by atoms with Crippen molar-refractivity contribution < 1.29 is 14.9 Å². The largest absolute Gasteiger partial charge is 0.393 e. The number of hydrogen-bond donors (Lipinski definition) is 2. The minimum atomic E-state index is -0.0794. The quantitative estimate of drug-likeness (QED) is 0.825. The van der Waals surface area contributed by atoms with Crippen LogP contribution in [0.15, 0.2) is 0 Å². The number of methoxy groups -OCH3 is 1. The van der Waals surface area contributed by atoms with E-state index in [1.165, 1.54) is 44.9 Å². The van der Waals surface area contributed by atoms with Crippen LogP contribution < -0.4 is 0 Å². The van der Waals surface area contributed by atoms with Gasteiger partial charge in [-0.25, -0.2) is 0 Å². The van der Waals surface area contributed by atoms with E-state index in [9.17, 15) is 10.2 Å². The summed E-state index contributed by atoms with van der Waals surface area (Å²) < 4.78 is 5.52. The Morgan fingerprint density at radius 1 is 0.958 bits per heavy atom. The number of hydrogen-bond acceptors (Lipinski definition) is 3. The molecule has 4 aliphatic carbocycles. The Hall–Kier alpha value is -0.120. The number of fused-ring (bicyclic) bond motifs is 5. The van der Waals surface area contributed by atoms with Crippen LogP contribution in [0.3, 0.4) is 0 Å². The van der Waals surface area contributed by atoms with Crippen molar-refractivity contribution in [3.8, 4) is 0 Å². The lowest BCUT2D eigenvalue weighted by Gasteiger charge is -2.62. The van der Waals surface area contributed by atoms with Crippen LogP contribution >= 0.6 is 0 Å². The van der Waals surface area contributed by atoms with Crippen molar-refractivity contribution in [1.29, 1.82) is 0 Å². The minimum Gasteiger partial charge on any atom is -0.393 e. The first kappa shape index (κ1) is 17.3. The normalized spacial score (nSPS) is 54.0. The van der Waals surface area contributed by atoms with Gasteiger partial charge in [0, 0.05) is 13.7 Å². The smallest absolute Gasteiger partial charge is 0.0596 e. The van der Waals surface area contributed by atoms with Crippen LogP contribution in [0, 0.1) is 34.5 Å². The molecule has 4 aliphatic rings. The summed E-state index contributed by atoms with van der Waals surface area (Å²) in [5.41, 5.74) is 0.567. The zero-order chi connectivity index (χ0) is 16.9. The van der Waals surface area contributed by atoms with Crippen molar-refractivity contribution >= 4 is 0 Å². The van der Waals surface area contributed by atoms with Gasteiger partial charge in [0.25, 0.3) is 0 Å². The highest BCUT2D eigenvalue weighted by Gasteiger charge is 2.61. The molecule has 0 spiro atoms. The summed E-state index contributed by atoms with van der Waals surface area (Å²) in [6, 6.07) is 0. The van der Waals surface area contributed by atoms with Crippen LogP contribution in [0.2, 0.25) is 0 Å². The number of ether oxygens (including phenoxy) is 1. The van der Waals surface area contributed by atoms with Crippen LogP contribution in [-0.2, 0) is 4.74 Å². The van der Waals surface area contributed by atoms with Crippen molar-refractivity contribution in [2.45, 2.75) is 83.3 Å². The highest BCUT2D eigenvalue weighted by atomic mass is 16.5. The van der Waals surface area contributed by atoms with Crippen molar-refractivity contribution in [2.75, 3.05) is 13.7 Å². The molecule has 0 aromatic rings. The van der Waals surface area contributed by atoms with E-state index in [1.807, 2.05) is 7.11 Å². The molecule has 4 fully saturated rings. The monoisotopic (exact) mass is 336 g/mol. The van der Waals surface area contributed by atoms with Crippen molar-refractivity contribution in [1.82, 2.24) is 0 Å². The number of aliphatic hydroxyl groups is 2. The molecule has 0 bridgehead atoms. The van der Waals surface area contributed by atoms with Gasteiger partial charge >= 0.3 is 0 Å². The number of aliphatic hydroxyl groups excluding tert-OH is 2. The van der Waals surface area contributed by atoms with Gasteiger partial charge in [-0.05, 0) is 98.7 Å². The molecule has 3 nitrogen and oxygen atoms in total. The highest BCUT2D eigenvalue weighted by Crippen LogP contribution is 2.67. The standard InChI is InChI=1S/C21H36O3/c1-20-9-8-18-16(17(20)5-6-19(20)23)4-3-14-13-15(22)7-10-21(14,18)11-12-24-2/h14-19,22-23H,3-13H2,1-2H3/t14-,15+,16-,17-,18-,19?,20-,21+/m0/s1. The van der Waals surface area contributed by atoms with Gasteiger partial charge in [0.1, 0.15) is 0 Å². The van der Waals surface area contributed by atoms with Gasteiger partial charge in [-0.3, -0.25) is 0 Å². The molecule has 0 saturated heterocycles. The van der Waals surface area contributed by atoms with E-state index in [-0.39, 0.29) is 17.6 Å². The Kier molecular flexibility index (Phi) is 4.50.